The Balaban J connectivity index is 1.98. The lowest BCUT2D eigenvalue weighted by atomic mass is 10.3. The van der Waals surface area contributed by atoms with E-state index in [9.17, 15) is 4.79 Å². The number of rotatable bonds is 8. The molecule has 0 radical (unpaired) electrons. The highest BCUT2D eigenvalue weighted by atomic mass is 32.1. The number of carbonyl (C=O) groups is 1. The molecule has 23 heavy (non-hydrogen) atoms. The van der Waals surface area contributed by atoms with Crippen molar-refractivity contribution in [3.63, 3.8) is 0 Å². The summed E-state index contributed by atoms with van der Waals surface area (Å²) in [6.45, 7) is 9.77. The summed E-state index contributed by atoms with van der Waals surface area (Å²) >= 11 is 1.49. The molecule has 4 nitrogen and oxygen atoms in total. The van der Waals surface area contributed by atoms with E-state index in [1.807, 2.05) is 43.3 Å². The highest BCUT2D eigenvalue weighted by molar-refractivity contribution is 7.14. The van der Waals surface area contributed by atoms with E-state index in [0.29, 0.717) is 22.9 Å². The van der Waals surface area contributed by atoms with Crippen LogP contribution in [-0.4, -0.2) is 37.0 Å². The lowest BCUT2D eigenvalue weighted by Gasteiger charge is -2.19. The average molecular weight is 332 g/mol. The minimum atomic E-state index is -0.0945. The van der Waals surface area contributed by atoms with Gasteiger partial charge in [0.25, 0.3) is 5.91 Å². The number of nitrogens with one attached hydrogen (secondary N) is 1. The van der Waals surface area contributed by atoms with E-state index >= 15 is 0 Å². The molecule has 1 aromatic carbocycles. The van der Waals surface area contributed by atoms with E-state index in [2.05, 4.69) is 24.1 Å². The number of nitrogens with zero attached hydrogens (tertiary/aromatic N) is 1. The lowest BCUT2D eigenvalue weighted by Crippen LogP contribution is -2.28. The molecule has 0 aliphatic rings. The number of anilines is 1. The van der Waals surface area contributed by atoms with E-state index < -0.39 is 0 Å². The highest BCUT2D eigenvalue weighted by Crippen LogP contribution is 2.25. The van der Waals surface area contributed by atoms with Crippen LogP contribution in [0.2, 0.25) is 0 Å². The summed E-state index contributed by atoms with van der Waals surface area (Å²) < 4.78 is 5.86. The van der Waals surface area contributed by atoms with Gasteiger partial charge in [-0.25, -0.2) is 0 Å². The van der Waals surface area contributed by atoms with Crippen molar-refractivity contribution in [2.75, 3.05) is 31.6 Å². The van der Waals surface area contributed by atoms with E-state index in [0.717, 1.165) is 24.5 Å². The van der Waals surface area contributed by atoms with Crippen molar-refractivity contribution in [3.8, 4) is 5.75 Å². The number of ether oxygens (including phenoxy) is 1. The van der Waals surface area contributed by atoms with Crippen LogP contribution < -0.4 is 10.1 Å². The molecule has 0 bridgehead atoms. The molecule has 2 rings (SSSR count). The Morgan fingerprint density at radius 1 is 1.17 bits per heavy atom. The number of benzene rings is 1. The minimum absolute atomic E-state index is 0.0945. The van der Waals surface area contributed by atoms with Crippen molar-refractivity contribution in [2.45, 2.75) is 20.8 Å². The molecule has 0 saturated carbocycles. The summed E-state index contributed by atoms with van der Waals surface area (Å²) in [6, 6.07) is 11.4. The smallest absolute Gasteiger partial charge is 0.265 e. The third-order valence-corrected chi connectivity index (χ3v) is 4.66. The second kappa shape index (κ2) is 8.70. The Hall–Kier alpha value is -1.85. The zero-order chi connectivity index (χ0) is 16.7. The van der Waals surface area contributed by atoms with Gasteiger partial charge in [0.2, 0.25) is 0 Å². The number of carbonyl (C=O) groups excluding carboxylic acids is 1. The summed E-state index contributed by atoms with van der Waals surface area (Å²) in [5.41, 5.74) is 0.711. The van der Waals surface area contributed by atoms with Gasteiger partial charge in [-0.05, 0) is 44.3 Å². The fourth-order valence-corrected chi connectivity index (χ4v) is 3.02. The number of hydrogen-bond donors (Lipinski definition) is 1. The largest absolute Gasteiger partial charge is 0.490 e. The number of amides is 1. The maximum Gasteiger partial charge on any atom is 0.265 e. The fourth-order valence-electron chi connectivity index (χ4n) is 2.26. The van der Waals surface area contributed by atoms with Crippen LogP contribution in [0.3, 0.4) is 0 Å². The predicted molar refractivity (Wildman–Crippen MR) is 96.7 cm³/mol. The quantitative estimate of drug-likeness (QED) is 0.793. The first-order chi connectivity index (χ1) is 11.1. The van der Waals surface area contributed by atoms with Crippen molar-refractivity contribution in [2.24, 2.45) is 0 Å². The SMILES string of the molecule is CCN(CC)CCOc1ccccc1NC(=O)c1ccc(C)s1. The summed E-state index contributed by atoms with van der Waals surface area (Å²) in [5.74, 6) is 0.615. The molecule has 1 aromatic heterocycles. The molecule has 0 aliphatic heterocycles. The van der Waals surface area contributed by atoms with Gasteiger partial charge >= 0.3 is 0 Å². The van der Waals surface area contributed by atoms with E-state index in [4.69, 9.17) is 4.74 Å². The summed E-state index contributed by atoms with van der Waals surface area (Å²) in [6.07, 6.45) is 0. The maximum absolute atomic E-state index is 12.3. The van der Waals surface area contributed by atoms with Crippen molar-refractivity contribution in [3.05, 3.63) is 46.2 Å². The first-order valence-corrected chi connectivity index (χ1v) is 8.77. The Morgan fingerprint density at radius 3 is 2.57 bits per heavy atom. The molecule has 0 fully saturated rings. The van der Waals surface area contributed by atoms with Gasteiger partial charge in [0.15, 0.2) is 0 Å². The predicted octanol–water partition coefficient (Wildman–Crippen LogP) is 4.03. The normalized spacial score (nSPS) is 10.8. The van der Waals surface area contributed by atoms with Gasteiger partial charge in [-0.2, -0.15) is 0 Å². The average Bonchev–Trinajstić information content (AvgIpc) is 3.00. The molecule has 1 amide bonds. The van der Waals surface area contributed by atoms with Gasteiger partial charge in [-0.3, -0.25) is 4.79 Å². The monoisotopic (exact) mass is 332 g/mol. The van der Waals surface area contributed by atoms with Gasteiger partial charge in [-0.15, -0.1) is 11.3 Å². The van der Waals surface area contributed by atoms with E-state index in [1.54, 1.807) is 0 Å². The van der Waals surface area contributed by atoms with Crippen LogP contribution in [0.4, 0.5) is 5.69 Å². The first kappa shape index (κ1) is 17.5. The number of thiophene rings is 1. The highest BCUT2D eigenvalue weighted by Gasteiger charge is 2.11. The molecule has 1 N–H and O–H groups in total. The lowest BCUT2D eigenvalue weighted by molar-refractivity contribution is 0.103. The zero-order valence-electron chi connectivity index (χ0n) is 14.0. The van der Waals surface area contributed by atoms with E-state index in [-0.39, 0.29) is 5.91 Å². The van der Waals surface area contributed by atoms with Gasteiger partial charge in [-0.1, -0.05) is 26.0 Å². The minimum Gasteiger partial charge on any atom is -0.490 e. The molecule has 0 unspecified atom stereocenters. The summed E-state index contributed by atoms with van der Waals surface area (Å²) in [4.78, 5) is 16.4. The van der Waals surface area contributed by atoms with E-state index in [1.165, 1.54) is 11.3 Å². The Bertz CT molecular complexity index is 635. The van der Waals surface area contributed by atoms with Crippen molar-refractivity contribution < 1.29 is 9.53 Å². The van der Waals surface area contributed by atoms with Crippen LogP contribution in [0.5, 0.6) is 5.75 Å². The summed E-state index contributed by atoms with van der Waals surface area (Å²) in [7, 11) is 0. The second-order valence-corrected chi connectivity index (χ2v) is 6.52. The molecule has 5 heteroatoms. The van der Waals surface area contributed by atoms with Crippen molar-refractivity contribution in [1.29, 1.82) is 0 Å². The standard InChI is InChI=1S/C18H24N2O2S/c1-4-20(5-2)12-13-22-16-9-7-6-8-15(16)19-18(21)17-11-10-14(3)23-17/h6-11H,4-5,12-13H2,1-3H3,(H,19,21). The Morgan fingerprint density at radius 2 is 1.91 bits per heavy atom. The van der Waals surface area contributed by atoms with Crippen molar-refractivity contribution >= 4 is 22.9 Å². The molecule has 0 spiro atoms. The maximum atomic E-state index is 12.3. The third kappa shape index (κ3) is 5.08. The van der Waals surface area contributed by atoms with Gasteiger partial charge in [0, 0.05) is 11.4 Å². The zero-order valence-corrected chi connectivity index (χ0v) is 14.8. The van der Waals surface area contributed by atoms with Gasteiger partial charge < -0.3 is 15.0 Å². The van der Waals surface area contributed by atoms with Crippen LogP contribution in [0.25, 0.3) is 0 Å². The molecular formula is C18H24N2O2S. The third-order valence-electron chi connectivity index (χ3n) is 3.66. The molecule has 0 saturated heterocycles. The van der Waals surface area contributed by atoms with Crippen LogP contribution in [0.1, 0.15) is 28.4 Å². The molecular weight excluding hydrogens is 308 g/mol. The van der Waals surface area contributed by atoms with Gasteiger partial charge in [0.1, 0.15) is 12.4 Å². The fraction of sp³-hybridized carbons (Fsp3) is 0.389. The number of likely N-dealkylation sites (N-methyl/N-ethyl adjacent to an activating group) is 1. The van der Waals surface area contributed by atoms with Crippen molar-refractivity contribution in [1.82, 2.24) is 4.90 Å². The number of para-hydroxylation sites is 2. The molecule has 0 aliphatic carbocycles. The Labute approximate surface area is 142 Å². The van der Waals surface area contributed by atoms with Crippen LogP contribution in [0, 0.1) is 6.92 Å². The molecule has 0 atom stereocenters. The van der Waals surface area contributed by atoms with Crippen LogP contribution in [0.15, 0.2) is 36.4 Å². The topological polar surface area (TPSA) is 41.6 Å². The molecule has 2 aromatic rings. The molecule has 124 valence electrons. The van der Waals surface area contributed by atoms with Crippen LogP contribution >= 0.6 is 11.3 Å². The summed E-state index contributed by atoms with van der Waals surface area (Å²) in [5, 5.41) is 2.94. The second-order valence-electron chi connectivity index (χ2n) is 5.24. The number of hydrogen-bond acceptors (Lipinski definition) is 4. The Kier molecular flexibility index (Phi) is 6.62. The van der Waals surface area contributed by atoms with Crippen LogP contribution in [-0.2, 0) is 0 Å². The molecule has 1 heterocycles. The number of aryl methyl sites for hydroxylation is 1. The first-order valence-electron chi connectivity index (χ1n) is 7.96. The van der Waals surface area contributed by atoms with Gasteiger partial charge in [0.05, 0.1) is 10.6 Å².